The summed E-state index contributed by atoms with van der Waals surface area (Å²) in [7, 11) is 3.16. The number of rotatable bonds is 4. The summed E-state index contributed by atoms with van der Waals surface area (Å²) in [6.45, 7) is 7.08. The fourth-order valence-electron chi connectivity index (χ4n) is 3.99. The number of benzene rings is 1. The Morgan fingerprint density at radius 3 is 2.63 bits per heavy atom. The maximum Gasteiger partial charge on any atom is 0.258 e. The fourth-order valence-corrected chi connectivity index (χ4v) is 3.99. The van der Waals surface area contributed by atoms with Gasteiger partial charge in [-0.25, -0.2) is 9.50 Å². The highest BCUT2D eigenvalue weighted by Gasteiger charge is 2.34. The lowest BCUT2D eigenvalue weighted by Crippen LogP contribution is -2.32. The molecule has 3 heterocycles. The Kier molecular flexibility index (Phi) is 5.13. The van der Waals surface area contributed by atoms with Crippen LogP contribution in [0.1, 0.15) is 61.4 Å². The third-order valence-electron chi connectivity index (χ3n) is 5.65. The van der Waals surface area contributed by atoms with Gasteiger partial charge in [0.05, 0.1) is 37.2 Å². The first kappa shape index (κ1) is 20.2. The lowest BCUT2D eigenvalue weighted by molar-refractivity contribution is 0.0727. The van der Waals surface area contributed by atoms with E-state index in [1.807, 2.05) is 21.5 Å². The Hall–Kier alpha value is -3.09. The monoisotopic (exact) mass is 408 g/mol. The molecule has 1 saturated heterocycles. The van der Waals surface area contributed by atoms with Crippen LogP contribution in [0.4, 0.5) is 0 Å². The van der Waals surface area contributed by atoms with Gasteiger partial charge in [0.15, 0.2) is 5.65 Å². The molecule has 0 saturated carbocycles. The van der Waals surface area contributed by atoms with Crippen molar-refractivity contribution in [3.63, 3.8) is 0 Å². The maximum absolute atomic E-state index is 13.5. The highest BCUT2D eigenvalue weighted by Crippen LogP contribution is 2.36. The van der Waals surface area contributed by atoms with Crippen LogP contribution in [0, 0.1) is 0 Å². The summed E-state index contributed by atoms with van der Waals surface area (Å²) in [6, 6.07) is 9.21. The van der Waals surface area contributed by atoms with Crippen LogP contribution in [0.25, 0.3) is 5.65 Å². The predicted octanol–water partition coefficient (Wildman–Crippen LogP) is 4.02. The Morgan fingerprint density at radius 1 is 1.13 bits per heavy atom. The molecular formula is C23H28N4O3. The largest absolute Gasteiger partial charge is 0.497 e. The zero-order valence-corrected chi connectivity index (χ0v) is 18.2. The third-order valence-corrected chi connectivity index (χ3v) is 5.65. The summed E-state index contributed by atoms with van der Waals surface area (Å²) < 4.78 is 12.7. The minimum atomic E-state index is -0.0793. The molecule has 0 spiro atoms. The van der Waals surface area contributed by atoms with Gasteiger partial charge in [-0.3, -0.25) is 4.79 Å². The molecular weight excluding hydrogens is 380 g/mol. The number of aromatic nitrogens is 3. The number of ether oxygens (including phenoxy) is 2. The minimum Gasteiger partial charge on any atom is -0.497 e. The first-order valence-electron chi connectivity index (χ1n) is 10.2. The molecule has 0 aliphatic carbocycles. The van der Waals surface area contributed by atoms with Gasteiger partial charge in [0.25, 0.3) is 5.91 Å². The first-order chi connectivity index (χ1) is 14.3. The summed E-state index contributed by atoms with van der Waals surface area (Å²) >= 11 is 0. The molecule has 4 rings (SSSR count). The molecule has 30 heavy (non-hydrogen) atoms. The van der Waals surface area contributed by atoms with E-state index in [4.69, 9.17) is 14.6 Å². The van der Waals surface area contributed by atoms with Crippen molar-refractivity contribution in [2.75, 3.05) is 20.8 Å². The quantitative estimate of drug-likeness (QED) is 0.652. The second-order valence-corrected chi connectivity index (χ2v) is 8.64. The molecule has 3 aromatic rings. The van der Waals surface area contributed by atoms with Gasteiger partial charge in [0.1, 0.15) is 11.5 Å². The molecule has 0 N–H and O–H groups in total. The number of likely N-dealkylation sites (tertiary alicyclic amines) is 1. The van der Waals surface area contributed by atoms with Gasteiger partial charge in [-0.2, -0.15) is 5.10 Å². The molecule has 1 aromatic carbocycles. The first-order valence-corrected chi connectivity index (χ1v) is 10.2. The van der Waals surface area contributed by atoms with Crippen LogP contribution in [0.15, 0.2) is 36.5 Å². The van der Waals surface area contributed by atoms with E-state index in [2.05, 4.69) is 25.8 Å². The van der Waals surface area contributed by atoms with Crippen molar-refractivity contribution in [1.29, 1.82) is 0 Å². The van der Waals surface area contributed by atoms with E-state index in [1.54, 1.807) is 38.6 Å². The van der Waals surface area contributed by atoms with E-state index in [0.29, 0.717) is 23.6 Å². The standard InChI is InChI=1S/C23H28N4O3/c1-23(2,3)20-14-21-24-11-10-18(27(21)25-20)17-7-6-12-26(17)22(28)16-13-15(29-4)8-9-19(16)30-5/h8-11,13-14,17H,6-7,12H2,1-5H3/t17-/m0/s1. The number of fused-ring (bicyclic) bond motifs is 1. The number of carbonyl (C=O) groups is 1. The van der Waals surface area contributed by atoms with Crippen LogP contribution >= 0.6 is 0 Å². The van der Waals surface area contributed by atoms with Gasteiger partial charge < -0.3 is 14.4 Å². The second-order valence-electron chi connectivity index (χ2n) is 8.64. The van der Waals surface area contributed by atoms with Crippen LogP contribution in [-0.2, 0) is 5.41 Å². The summed E-state index contributed by atoms with van der Waals surface area (Å²) in [5.41, 5.74) is 3.18. The van der Waals surface area contributed by atoms with Gasteiger partial charge in [-0.05, 0) is 37.1 Å². The van der Waals surface area contributed by atoms with Crippen LogP contribution in [-0.4, -0.2) is 46.2 Å². The van der Waals surface area contributed by atoms with Gasteiger partial charge >= 0.3 is 0 Å². The van der Waals surface area contributed by atoms with Gasteiger partial charge in [0.2, 0.25) is 0 Å². The minimum absolute atomic E-state index is 0.0681. The summed E-state index contributed by atoms with van der Waals surface area (Å²) in [6.07, 6.45) is 3.60. The number of carbonyl (C=O) groups excluding carboxylic acids is 1. The summed E-state index contributed by atoms with van der Waals surface area (Å²) in [5.74, 6) is 1.10. The van der Waals surface area contributed by atoms with E-state index in [-0.39, 0.29) is 17.4 Å². The van der Waals surface area contributed by atoms with E-state index in [9.17, 15) is 4.79 Å². The van der Waals surface area contributed by atoms with Gasteiger partial charge in [0, 0.05) is 24.2 Å². The Bertz CT molecular complexity index is 1080. The number of hydrogen-bond donors (Lipinski definition) is 0. The molecule has 1 amide bonds. The van der Waals surface area contributed by atoms with Crippen LogP contribution in [0.3, 0.4) is 0 Å². The normalized spacial score (nSPS) is 16.8. The predicted molar refractivity (Wildman–Crippen MR) is 114 cm³/mol. The van der Waals surface area contributed by atoms with Gasteiger partial charge in [-0.1, -0.05) is 20.8 Å². The lowest BCUT2D eigenvalue weighted by atomic mass is 9.93. The van der Waals surface area contributed by atoms with Crippen LogP contribution < -0.4 is 9.47 Å². The van der Waals surface area contributed by atoms with Crippen molar-refractivity contribution in [2.24, 2.45) is 0 Å². The summed E-state index contributed by atoms with van der Waals surface area (Å²) in [4.78, 5) is 19.9. The Labute approximate surface area is 176 Å². The van der Waals surface area contributed by atoms with E-state index >= 15 is 0 Å². The molecule has 158 valence electrons. The molecule has 7 heteroatoms. The lowest BCUT2D eigenvalue weighted by Gasteiger charge is -2.26. The molecule has 0 radical (unpaired) electrons. The SMILES string of the molecule is COc1ccc(OC)c(C(=O)N2CCC[C@H]2c2ccnc3cc(C(C)(C)C)nn23)c1. The fraction of sp³-hybridized carbons (Fsp3) is 0.435. The molecule has 0 bridgehead atoms. The molecule has 1 aliphatic heterocycles. The molecule has 0 unspecified atom stereocenters. The average molecular weight is 409 g/mol. The summed E-state index contributed by atoms with van der Waals surface area (Å²) in [5, 5.41) is 4.83. The van der Waals surface area contributed by atoms with Crippen molar-refractivity contribution in [1.82, 2.24) is 19.5 Å². The van der Waals surface area contributed by atoms with E-state index in [1.165, 1.54) is 0 Å². The molecule has 2 aromatic heterocycles. The number of hydrogen-bond acceptors (Lipinski definition) is 5. The second kappa shape index (κ2) is 7.63. The molecule has 7 nitrogen and oxygen atoms in total. The smallest absolute Gasteiger partial charge is 0.258 e. The topological polar surface area (TPSA) is 69.0 Å². The van der Waals surface area contributed by atoms with Crippen molar-refractivity contribution in [3.05, 3.63) is 53.5 Å². The van der Waals surface area contributed by atoms with E-state index in [0.717, 1.165) is 29.9 Å². The van der Waals surface area contributed by atoms with Crippen LogP contribution in [0.2, 0.25) is 0 Å². The third kappa shape index (κ3) is 3.49. The van der Waals surface area contributed by atoms with Crippen molar-refractivity contribution in [2.45, 2.75) is 45.1 Å². The number of amides is 1. The highest BCUT2D eigenvalue weighted by atomic mass is 16.5. The van der Waals surface area contributed by atoms with Crippen molar-refractivity contribution >= 4 is 11.6 Å². The zero-order valence-electron chi connectivity index (χ0n) is 18.2. The van der Waals surface area contributed by atoms with Crippen molar-refractivity contribution < 1.29 is 14.3 Å². The Morgan fingerprint density at radius 2 is 1.93 bits per heavy atom. The average Bonchev–Trinajstić information content (AvgIpc) is 3.39. The number of methoxy groups -OCH3 is 2. The zero-order chi connectivity index (χ0) is 21.5. The highest BCUT2D eigenvalue weighted by molar-refractivity contribution is 5.97. The van der Waals surface area contributed by atoms with Gasteiger partial charge in [-0.15, -0.1) is 0 Å². The maximum atomic E-state index is 13.5. The number of nitrogens with zero attached hydrogens (tertiary/aromatic N) is 4. The molecule has 1 aliphatic rings. The molecule has 1 atom stereocenters. The van der Waals surface area contributed by atoms with Crippen molar-refractivity contribution in [3.8, 4) is 11.5 Å². The Balaban J connectivity index is 1.75. The van der Waals surface area contributed by atoms with E-state index < -0.39 is 0 Å². The molecule has 1 fully saturated rings. The van der Waals surface area contributed by atoms with Crippen LogP contribution in [0.5, 0.6) is 11.5 Å².